The van der Waals surface area contributed by atoms with Crippen LogP contribution in [-0.4, -0.2) is 53.4 Å². The largest absolute Gasteiger partial charge is 0.377 e. The van der Waals surface area contributed by atoms with E-state index in [-0.39, 0.29) is 36.9 Å². The Morgan fingerprint density at radius 1 is 1.27 bits per heavy atom. The molecule has 1 aliphatic carbocycles. The number of ether oxygens (including phenoxy) is 1. The molecule has 4 heterocycles. The second-order valence-corrected chi connectivity index (χ2v) is 8.95. The van der Waals surface area contributed by atoms with Crippen molar-refractivity contribution in [1.82, 2.24) is 20.4 Å². The summed E-state index contributed by atoms with van der Waals surface area (Å²) >= 11 is 1.40. The molecule has 30 heavy (non-hydrogen) atoms. The van der Waals surface area contributed by atoms with Crippen LogP contribution >= 0.6 is 11.3 Å². The highest BCUT2D eigenvalue weighted by Crippen LogP contribution is 2.44. The van der Waals surface area contributed by atoms with Crippen LogP contribution in [0.5, 0.6) is 0 Å². The van der Waals surface area contributed by atoms with Crippen molar-refractivity contribution in [3.05, 3.63) is 16.4 Å². The maximum atomic E-state index is 13.5. The van der Waals surface area contributed by atoms with Crippen LogP contribution in [0.15, 0.2) is 4.52 Å². The number of carbonyl (C=O) groups excluding carboxylic acids is 1. The molecule has 0 aromatic carbocycles. The molecule has 2 amide bonds. The van der Waals surface area contributed by atoms with Gasteiger partial charge in [-0.15, -0.1) is 0 Å². The summed E-state index contributed by atoms with van der Waals surface area (Å²) in [7, 11) is 1.55. The minimum absolute atomic E-state index is 0.0183. The van der Waals surface area contributed by atoms with Crippen LogP contribution in [0.1, 0.15) is 54.0 Å². The van der Waals surface area contributed by atoms with Gasteiger partial charge in [0.2, 0.25) is 5.92 Å². The lowest BCUT2D eigenvalue weighted by atomic mass is 9.86. The van der Waals surface area contributed by atoms with Gasteiger partial charge < -0.3 is 19.5 Å². The average Bonchev–Trinajstić information content (AvgIpc) is 3.34. The van der Waals surface area contributed by atoms with E-state index in [1.54, 1.807) is 7.05 Å². The summed E-state index contributed by atoms with van der Waals surface area (Å²) < 4.78 is 38.3. The summed E-state index contributed by atoms with van der Waals surface area (Å²) in [5.74, 6) is -2.20. The number of morpholine rings is 1. The first kappa shape index (κ1) is 19.6. The van der Waals surface area contributed by atoms with Crippen LogP contribution in [0, 0.1) is 0 Å². The molecule has 0 spiro atoms. The van der Waals surface area contributed by atoms with Gasteiger partial charge in [-0.1, -0.05) is 16.5 Å². The minimum Gasteiger partial charge on any atom is -0.377 e. The molecule has 162 valence electrons. The summed E-state index contributed by atoms with van der Waals surface area (Å²) in [5, 5.41) is 9.88. The predicted octanol–water partition coefficient (Wildman–Crippen LogP) is 3.07. The lowest BCUT2D eigenvalue weighted by molar-refractivity contribution is -0.0389. The molecule has 2 aromatic rings. The summed E-state index contributed by atoms with van der Waals surface area (Å²) in [5.41, 5.74) is 0.940. The van der Waals surface area contributed by atoms with Crippen LogP contribution in [-0.2, 0) is 11.2 Å². The molecule has 2 aromatic heterocycles. The Balaban J connectivity index is 1.38. The van der Waals surface area contributed by atoms with Gasteiger partial charge in [-0.05, 0) is 12.8 Å². The minimum atomic E-state index is -2.59. The number of thiazole rings is 1. The lowest BCUT2D eigenvalue weighted by Crippen LogP contribution is -2.51. The number of aromatic nitrogens is 3. The lowest BCUT2D eigenvalue weighted by Gasteiger charge is -2.43. The smallest absolute Gasteiger partial charge is 0.325 e. The number of fused-ring (bicyclic) bond motifs is 4. The number of hydrogen-bond donors (Lipinski definition) is 2. The van der Waals surface area contributed by atoms with Crippen LogP contribution in [0.3, 0.4) is 0 Å². The summed E-state index contributed by atoms with van der Waals surface area (Å²) in [4.78, 5) is 23.8. The van der Waals surface area contributed by atoms with E-state index in [9.17, 15) is 13.6 Å². The van der Waals surface area contributed by atoms with Crippen molar-refractivity contribution in [3.8, 4) is 0 Å². The summed E-state index contributed by atoms with van der Waals surface area (Å²) in [6, 6.07) is -0.0957. The second-order valence-electron chi connectivity index (χ2n) is 7.92. The van der Waals surface area contributed by atoms with Gasteiger partial charge in [0.05, 0.1) is 35.9 Å². The van der Waals surface area contributed by atoms with Gasteiger partial charge in [0.25, 0.3) is 0 Å². The van der Waals surface area contributed by atoms with Gasteiger partial charge in [0.15, 0.2) is 11.0 Å². The van der Waals surface area contributed by atoms with E-state index in [1.165, 1.54) is 11.3 Å². The molecular weight excluding hydrogens is 418 g/mol. The SMILES string of the molecule is CNC(=O)Nc1nc2c(s1)[C@@H]1COC[C@H](C2)N1c1nc(C2CCC(F)(F)CC2)no1. The molecule has 9 nitrogen and oxygen atoms in total. The standard InChI is InChI=1S/C18H22F2N6O3S/c1-21-15(27)24-16-22-11-6-10-7-28-8-12(13(11)30-16)26(10)17-23-14(25-29-17)9-2-4-18(19,20)5-3-9/h9-10,12H,2-8H2,1H3,(H2,21,22,24,27)/t10-,12-/m0/s1. The number of nitrogens with one attached hydrogen (secondary N) is 2. The zero-order valence-corrected chi connectivity index (χ0v) is 17.2. The Bertz CT molecular complexity index is 940. The van der Waals surface area contributed by atoms with Gasteiger partial charge in [-0.3, -0.25) is 5.32 Å². The molecule has 2 N–H and O–H groups in total. The number of hydrogen-bond acceptors (Lipinski definition) is 8. The molecule has 1 saturated carbocycles. The number of rotatable bonds is 3. The van der Waals surface area contributed by atoms with Crippen LogP contribution in [0.4, 0.5) is 24.7 Å². The van der Waals surface area contributed by atoms with Gasteiger partial charge in [0, 0.05) is 32.2 Å². The molecule has 0 radical (unpaired) electrons. The maximum absolute atomic E-state index is 13.5. The number of nitrogens with zero attached hydrogens (tertiary/aromatic N) is 4. The van der Waals surface area contributed by atoms with E-state index in [2.05, 4.69) is 30.7 Å². The summed E-state index contributed by atoms with van der Waals surface area (Å²) in [6.07, 6.45) is 1.06. The third-order valence-electron chi connectivity index (χ3n) is 5.96. The van der Waals surface area contributed by atoms with Gasteiger partial charge >= 0.3 is 12.0 Å². The zero-order chi connectivity index (χ0) is 20.9. The molecule has 3 aliphatic rings. The van der Waals surface area contributed by atoms with Crippen molar-refractivity contribution in [3.63, 3.8) is 0 Å². The highest BCUT2D eigenvalue weighted by Gasteiger charge is 2.44. The highest BCUT2D eigenvalue weighted by molar-refractivity contribution is 7.16. The number of alkyl halides is 2. The number of urea groups is 1. The Morgan fingerprint density at radius 3 is 2.83 bits per heavy atom. The van der Waals surface area contributed by atoms with Crippen LogP contribution in [0.2, 0.25) is 0 Å². The first-order valence-corrected chi connectivity index (χ1v) is 10.8. The Labute approximate surface area is 175 Å². The van der Waals surface area contributed by atoms with Crippen LogP contribution < -0.4 is 15.5 Å². The van der Waals surface area contributed by atoms with Crippen molar-refractivity contribution < 1.29 is 22.8 Å². The van der Waals surface area contributed by atoms with E-state index in [1.807, 2.05) is 0 Å². The van der Waals surface area contributed by atoms with Crippen molar-refractivity contribution in [2.45, 2.75) is 56.0 Å². The number of halogens is 2. The van der Waals surface area contributed by atoms with E-state index in [4.69, 9.17) is 9.26 Å². The van der Waals surface area contributed by atoms with E-state index in [0.717, 1.165) is 10.6 Å². The molecule has 1 saturated heterocycles. The molecule has 5 rings (SSSR count). The number of amides is 2. The quantitative estimate of drug-likeness (QED) is 0.756. The van der Waals surface area contributed by atoms with Crippen molar-refractivity contribution in [2.24, 2.45) is 0 Å². The topological polar surface area (TPSA) is 105 Å². The van der Waals surface area contributed by atoms with E-state index in [0.29, 0.717) is 49.4 Å². The molecule has 0 unspecified atom stereocenters. The zero-order valence-electron chi connectivity index (χ0n) is 16.4. The predicted molar refractivity (Wildman–Crippen MR) is 104 cm³/mol. The van der Waals surface area contributed by atoms with Gasteiger partial charge in [-0.2, -0.15) is 4.98 Å². The van der Waals surface area contributed by atoms with E-state index < -0.39 is 5.92 Å². The van der Waals surface area contributed by atoms with Gasteiger partial charge in [0.1, 0.15) is 0 Å². The second kappa shape index (κ2) is 7.41. The molecule has 2 aliphatic heterocycles. The Morgan fingerprint density at radius 2 is 2.07 bits per heavy atom. The first-order chi connectivity index (χ1) is 14.4. The third kappa shape index (κ3) is 3.51. The Hall–Kier alpha value is -2.34. The maximum Gasteiger partial charge on any atom is 0.325 e. The number of anilines is 2. The van der Waals surface area contributed by atoms with Gasteiger partial charge in [-0.25, -0.2) is 18.6 Å². The Kier molecular flexibility index (Phi) is 4.85. The fourth-order valence-corrected chi connectivity index (χ4v) is 5.45. The highest BCUT2D eigenvalue weighted by atomic mass is 32.1. The monoisotopic (exact) mass is 440 g/mol. The molecule has 2 fully saturated rings. The van der Waals surface area contributed by atoms with Crippen molar-refractivity contribution in [1.29, 1.82) is 0 Å². The van der Waals surface area contributed by atoms with Crippen LogP contribution in [0.25, 0.3) is 0 Å². The summed E-state index contributed by atoms with van der Waals surface area (Å²) in [6.45, 7) is 0.942. The van der Waals surface area contributed by atoms with E-state index >= 15 is 0 Å². The molecule has 2 bridgehead atoms. The first-order valence-electron chi connectivity index (χ1n) is 9.99. The fraction of sp³-hybridized carbons (Fsp3) is 0.667. The molecule has 2 atom stereocenters. The normalized spacial score (nSPS) is 25.6. The molecular formula is C18H22F2N6O3S. The third-order valence-corrected chi connectivity index (χ3v) is 7.07. The number of carbonyl (C=O) groups is 1. The fourth-order valence-electron chi connectivity index (χ4n) is 4.38. The molecule has 12 heteroatoms. The van der Waals surface area contributed by atoms with Crippen molar-refractivity contribution >= 4 is 28.5 Å². The average molecular weight is 440 g/mol. The van der Waals surface area contributed by atoms with Crippen molar-refractivity contribution in [2.75, 3.05) is 30.5 Å².